The number of Topliss-reactive ketones (excluding diaryl/α,β-unsaturated/α-hetero) is 1. The van der Waals surface area contributed by atoms with E-state index >= 15 is 0 Å². The van der Waals surface area contributed by atoms with Gasteiger partial charge in [0.15, 0.2) is 0 Å². The second kappa shape index (κ2) is 14.3. The number of ketones is 1. The van der Waals surface area contributed by atoms with E-state index in [9.17, 15) is 4.79 Å². The fourth-order valence-corrected chi connectivity index (χ4v) is 2.22. The van der Waals surface area contributed by atoms with Gasteiger partial charge in [-0.25, -0.2) is 0 Å². The molecule has 0 heterocycles. The predicted octanol–water partition coefficient (Wildman–Crippen LogP) is 4.73. The van der Waals surface area contributed by atoms with Crippen molar-refractivity contribution in [3.63, 3.8) is 0 Å². The lowest BCUT2D eigenvalue weighted by Gasteiger charge is -2.13. The Hall–Kier alpha value is -0.640. The van der Waals surface area contributed by atoms with E-state index in [0.29, 0.717) is 30.4 Å². The van der Waals surface area contributed by atoms with Crippen LogP contribution in [0.4, 0.5) is 0 Å². The van der Waals surface area contributed by atoms with Crippen molar-refractivity contribution in [1.82, 2.24) is 4.90 Å². The van der Waals surface area contributed by atoms with Crippen LogP contribution in [0.15, 0.2) is 0 Å². The van der Waals surface area contributed by atoms with E-state index < -0.39 is 0 Å². The number of nitrogens with zero attached hydrogens (tertiary/aromatic N) is 1. The largest absolute Gasteiger partial charge is 0.470 e. The Morgan fingerprint density at radius 3 is 1.95 bits per heavy atom. The minimum absolute atomic E-state index is 0.291. The van der Waals surface area contributed by atoms with E-state index in [1.807, 2.05) is 14.1 Å². The van der Waals surface area contributed by atoms with Gasteiger partial charge in [-0.2, -0.15) is 0 Å². The average Bonchev–Trinajstić information content (AvgIpc) is 2.45. The molecule has 0 aliphatic rings. The van der Waals surface area contributed by atoms with Crippen molar-refractivity contribution < 1.29 is 9.53 Å². The monoisotopic (exact) mass is 315 g/mol. The van der Waals surface area contributed by atoms with Gasteiger partial charge < -0.3 is 9.64 Å². The zero-order valence-corrected chi connectivity index (χ0v) is 15.0. The Balaban J connectivity index is 3.28. The Bertz CT molecular complexity index is 280. The van der Waals surface area contributed by atoms with Gasteiger partial charge in [0.1, 0.15) is 5.78 Å². The summed E-state index contributed by atoms with van der Waals surface area (Å²) >= 11 is 5.00. The molecule has 21 heavy (non-hydrogen) atoms. The van der Waals surface area contributed by atoms with E-state index in [1.54, 1.807) is 4.90 Å². The predicted molar refractivity (Wildman–Crippen MR) is 93.7 cm³/mol. The van der Waals surface area contributed by atoms with Crippen molar-refractivity contribution in [2.24, 2.45) is 0 Å². The van der Waals surface area contributed by atoms with Gasteiger partial charge in [-0.05, 0) is 18.6 Å². The number of rotatable bonds is 13. The number of hydrogen-bond acceptors (Lipinski definition) is 3. The highest BCUT2D eigenvalue weighted by Gasteiger charge is 2.04. The average molecular weight is 316 g/mol. The molecule has 0 rings (SSSR count). The van der Waals surface area contributed by atoms with Gasteiger partial charge in [0.05, 0.1) is 6.61 Å². The van der Waals surface area contributed by atoms with Crippen molar-refractivity contribution in [1.29, 1.82) is 0 Å². The lowest BCUT2D eigenvalue weighted by Crippen LogP contribution is -2.23. The fraction of sp³-hybridized carbons (Fsp3) is 0.882. The van der Waals surface area contributed by atoms with Crippen molar-refractivity contribution in [3.05, 3.63) is 0 Å². The first-order valence-electron chi connectivity index (χ1n) is 8.43. The van der Waals surface area contributed by atoms with Gasteiger partial charge in [-0.15, -0.1) is 0 Å². The van der Waals surface area contributed by atoms with Crippen LogP contribution >= 0.6 is 12.2 Å². The van der Waals surface area contributed by atoms with E-state index in [0.717, 1.165) is 6.42 Å². The summed E-state index contributed by atoms with van der Waals surface area (Å²) in [5.74, 6) is 0.291. The first kappa shape index (κ1) is 20.4. The van der Waals surface area contributed by atoms with Crippen LogP contribution in [0.1, 0.15) is 77.6 Å². The molecule has 0 radical (unpaired) electrons. The molecular formula is C17H33NO2S. The molecule has 0 spiro atoms. The maximum Gasteiger partial charge on any atom is 0.258 e. The molecule has 0 unspecified atom stereocenters. The van der Waals surface area contributed by atoms with Crippen LogP contribution in [0.5, 0.6) is 0 Å². The highest BCUT2D eigenvalue weighted by Crippen LogP contribution is 2.11. The van der Waals surface area contributed by atoms with Gasteiger partial charge in [-0.3, -0.25) is 4.79 Å². The maximum absolute atomic E-state index is 11.7. The van der Waals surface area contributed by atoms with Crippen LogP contribution < -0.4 is 0 Å². The minimum Gasteiger partial charge on any atom is -0.470 e. The fourth-order valence-electron chi connectivity index (χ4n) is 2.14. The summed E-state index contributed by atoms with van der Waals surface area (Å²) in [5.41, 5.74) is 0. The molecule has 0 saturated heterocycles. The summed E-state index contributed by atoms with van der Waals surface area (Å²) in [4.78, 5) is 13.4. The molecule has 0 saturated carbocycles. The number of thiocarbonyl (C=S) groups is 1. The van der Waals surface area contributed by atoms with E-state index in [-0.39, 0.29) is 0 Å². The molecule has 0 bridgehead atoms. The first-order valence-corrected chi connectivity index (χ1v) is 8.84. The van der Waals surface area contributed by atoms with Crippen LogP contribution in [-0.4, -0.2) is 36.6 Å². The first-order chi connectivity index (χ1) is 10.1. The third-order valence-electron chi connectivity index (χ3n) is 3.53. The van der Waals surface area contributed by atoms with E-state index in [4.69, 9.17) is 17.0 Å². The lowest BCUT2D eigenvalue weighted by atomic mass is 10.0. The molecule has 0 amide bonds. The SMILES string of the molecule is CCCCCCCCCCCC(=O)CCOC(=S)N(C)C. The molecule has 0 aromatic carbocycles. The minimum atomic E-state index is 0.291. The second-order valence-electron chi connectivity index (χ2n) is 5.88. The second-order valence-corrected chi connectivity index (χ2v) is 6.23. The van der Waals surface area contributed by atoms with Crippen LogP contribution in [0.2, 0.25) is 0 Å². The summed E-state index contributed by atoms with van der Waals surface area (Å²) in [6.45, 7) is 2.66. The molecule has 3 nitrogen and oxygen atoms in total. The van der Waals surface area contributed by atoms with Crippen molar-refractivity contribution in [2.75, 3.05) is 20.7 Å². The Kier molecular flexibility index (Phi) is 13.9. The van der Waals surface area contributed by atoms with Gasteiger partial charge in [-0.1, -0.05) is 58.3 Å². The molecule has 0 N–H and O–H groups in total. The molecular weight excluding hydrogens is 282 g/mol. The van der Waals surface area contributed by atoms with Crippen LogP contribution in [-0.2, 0) is 9.53 Å². The van der Waals surface area contributed by atoms with Crippen molar-refractivity contribution in [2.45, 2.75) is 77.6 Å². The maximum atomic E-state index is 11.7. The summed E-state index contributed by atoms with van der Waals surface area (Å²) in [6, 6.07) is 0. The van der Waals surface area contributed by atoms with Gasteiger partial charge in [0.25, 0.3) is 5.17 Å². The Morgan fingerprint density at radius 2 is 1.43 bits per heavy atom. The quantitative estimate of drug-likeness (QED) is 0.363. The normalized spacial score (nSPS) is 10.4. The molecule has 0 aliphatic heterocycles. The molecule has 0 aromatic rings. The summed E-state index contributed by atoms with van der Waals surface area (Å²) in [7, 11) is 3.68. The number of unbranched alkanes of at least 4 members (excludes halogenated alkanes) is 8. The van der Waals surface area contributed by atoms with E-state index in [2.05, 4.69) is 6.92 Å². The standard InChI is InChI=1S/C17H33NO2S/c1-4-5-6-7-8-9-10-11-12-13-16(19)14-15-20-17(21)18(2)3/h4-15H2,1-3H3. The molecule has 0 aliphatic carbocycles. The molecule has 124 valence electrons. The third-order valence-corrected chi connectivity index (χ3v) is 4.01. The summed E-state index contributed by atoms with van der Waals surface area (Å²) < 4.78 is 5.30. The third kappa shape index (κ3) is 14.1. The van der Waals surface area contributed by atoms with Gasteiger partial charge in [0, 0.05) is 26.9 Å². The molecule has 0 aromatic heterocycles. The summed E-state index contributed by atoms with van der Waals surface area (Å²) in [6.07, 6.45) is 12.7. The number of hydrogen-bond donors (Lipinski definition) is 0. The highest BCUT2D eigenvalue weighted by molar-refractivity contribution is 7.80. The smallest absolute Gasteiger partial charge is 0.258 e. The Morgan fingerprint density at radius 1 is 0.905 bits per heavy atom. The van der Waals surface area contributed by atoms with Gasteiger partial charge in [0.2, 0.25) is 0 Å². The van der Waals surface area contributed by atoms with Gasteiger partial charge >= 0.3 is 0 Å². The van der Waals surface area contributed by atoms with E-state index in [1.165, 1.54) is 51.4 Å². The molecule has 0 atom stereocenters. The van der Waals surface area contributed by atoms with Crippen molar-refractivity contribution >= 4 is 23.2 Å². The highest BCUT2D eigenvalue weighted by atomic mass is 32.1. The zero-order valence-electron chi connectivity index (χ0n) is 14.2. The van der Waals surface area contributed by atoms with Crippen LogP contribution in [0.25, 0.3) is 0 Å². The van der Waals surface area contributed by atoms with Crippen LogP contribution in [0.3, 0.4) is 0 Å². The molecule has 0 fully saturated rings. The topological polar surface area (TPSA) is 29.5 Å². The lowest BCUT2D eigenvalue weighted by molar-refractivity contribution is -0.119. The van der Waals surface area contributed by atoms with Crippen molar-refractivity contribution in [3.8, 4) is 0 Å². The number of carbonyl (C=O) groups excluding carboxylic acids is 1. The van der Waals surface area contributed by atoms with Crippen LogP contribution in [0, 0.1) is 0 Å². The number of carbonyl (C=O) groups is 1. The molecule has 4 heteroatoms. The number of ether oxygens (including phenoxy) is 1. The zero-order chi connectivity index (χ0) is 15.9. The Labute approximate surface area is 136 Å². The summed E-state index contributed by atoms with van der Waals surface area (Å²) in [5, 5.41) is 0.450.